The highest BCUT2D eigenvalue weighted by molar-refractivity contribution is 5.32. The summed E-state index contributed by atoms with van der Waals surface area (Å²) in [7, 11) is 0. The van der Waals surface area contributed by atoms with Crippen LogP contribution in [0.2, 0.25) is 0 Å². The Hall–Kier alpha value is -3.33. The van der Waals surface area contributed by atoms with E-state index in [9.17, 15) is 26.3 Å². The maximum atomic E-state index is 9.51. The molecule has 4 atom stereocenters. The molecule has 0 aliphatic heterocycles. The van der Waals surface area contributed by atoms with E-state index in [-0.39, 0.29) is 0 Å². The number of rotatable bonds is 1. The molecule has 22 heavy (non-hydrogen) atoms. The molecule has 0 saturated heterocycles. The molecule has 0 spiro atoms. The smallest absolute Gasteiger partial charge is 0.0805 e. The summed E-state index contributed by atoms with van der Waals surface area (Å²) >= 11 is 0. The third-order valence-electron chi connectivity index (χ3n) is 4.25. The topological polar surface area (TPSA) is 119 Å². The van der Waals surface area contributed by atoms with Crippen LogP contribution in [-0.2, 0) is 0 Å². The van der Waals surface area contributed by atoms with E-state index in [0.29, 0.717) is 0 Å². The van der Waals surface area contributed by atoms with Gasteiger partial charge in [0.2, 0.25) is 0 Å². The Labute approximate surface area is 128 Å². The van der Waals surface area contributed by atoms with E-state index in [1.807, 2.05) is 24.3 Å². The second-order valence-electron chi connectivity index (χ2n) is 5.21. The average Bonchev–Trinajstić information content (AvgIpc) is 2.59. The van der Waals surface area contributed by atoms with E-state index in [2.05, 4.69) is 12.1 Å². The molecule has 0 heterocycles. The fourth-order valence-corrected chi connectivity index (χ4v) is 3.23. The SMILES string of the molecule is N#CC1C(C#N)C(C#N)C(c2ccccc2)C(C#N)C1C#N. The van der Waals surface area contributed by atoms with Crippen molar-refractivity contribution in [3.63, 3.8) is 0 Å². The average molecular weight is 285 g/mol. The van der Waals surface area contributed by atoms with Crippen molar-refractivity contribution in [3.8, 4) is 30.3 Å². The van der Waals surface area contributed by atoms with Gasteiger partial charge in [-0.1, -0.05) is 30.3 Å². The lowest BCUT2D eigenvalue weighted by atomic mass is 9.57. The van der Waals surface area contributed by atoms with Gasteiger partial charge in [-0.15, -0.1) is 0 Å². The standard InChI is InChI=1S/C17H11N5/c18-6-12-13(7-19)15(9-21)17(11-4-2-1-3-5-11)16(10-22)14(12)8-20/h1-5,12-17H. The van der Waals surface area contributed by atoms with Crippen molar-refractivity contribution in [1.82, 2.24) is 0 Å². The van der Waals surface area contributed by atoms with Gasteiger partial charge in [-0.3, -0.25) is 0 Å². The molecule has 5 heteroatoms. The molecule has 1 aliphatic rings. The zero-order valence-corrected chi connectivity index (χ0v) is 11.6. The van der Waals surface area contributed by atoms with Crippen molar-refractivity contribution in [2.24, 2.45) is 29.6 Å². The van der Waals surface area contributed by atoms with Gasteiger partial charge in [-0.05, 0) is 5.56 Å². The first kappa shape index (κ1) is 15.1. The number of nitriles is 5. The van der Waals surface area contributed by atoms with Gasteiger partial charge < -0.3 is 0 Å². The predicted octanol–water partition coefficient (Wildman–Crippen LogP) is 2.48. The maximum absolute atomic E-state index is 9.51. The van der Waals surface area contributed by atoms with E-state index < -0.39 is 35.5 Å². The van der Waals surface area contributed by atoms with Gasteiger partial charge >= 0.3 is 0 Å². The Balaban J connectivity index is 2.63. The van der Waals surface area contributed by atoms with Crippen LogP contribution in [0.25, 0.3) is 0 Å². The zero-order chi connectivity index (χ0) is 16.1. The van der Waals surface area contributed by atoms with E-state index in [1.54, 1.807) is 24.3 Å². The molecule has 0 bridgehead atoms. The molecule has 2 rings (SSSR count). The van der Waals surface area contributed by atoms with Gasteiger partial charge in [0.1, 0.15) is 0 Å². The fraction of sp³-hybridized carbons (Fsp3) is 0.353. The molecule has 1 aromatic carbocycles. The normalized spacial score (nSPS) is 33.2. The van der Waals surface area contributed by atoms with E-state index in [1.165, 1.54) is 0 Å². The maximum Gasteiger partial charge on any atom is 0.0805 e. The highest BCUT2D eigenvalue weighted by Crippen LogP contribution is 2.49. The zero-order valence-electron chi connectivity index (χ0n) is 11.6. The van der Waals surface area contributed by atoms with Gasteiger partial charge in [0.05, 0.1) is 59.9 Å². The van der Waals surface area contributed by atoms with E-state index in [4.69, 9.17) is 0 Å². The summed E-state index contributed by atoms with van der Waals surface area (Å²) in [4.78, 5) is 0. The first-order chi connectivity index (χ1) is 10.7. The first-order valence-electron chi connectivity index (χ1n) is 6.76. The molecule has 0 aromatic heterocycles. The first-order valence-corrected chi connectivity index (χ1v) is 6.76. The lowest BCUT2D eigenvalue weighted by Crippen LogP contribution is -2.43. The van der Waals surface area contributed by atoms with Gasteiger partial charge in [0.15, 0.2) is 0 Å². The molecular weight excluding hydrogens is 274 g/mol. The summed E-state index contributed by atoms with van der Waals surface area (Å²) in [5, 5.41) is 47.1. The van der Waals surface area contributed by atoms with E-state index >= 15 is 0 Å². The minimum atomic E-state index is -0.927. The van der Waals surface area contributed by atoms with Crippen LogP contribution in [0.5, 0.6) is 0 Å². The summed E-state index contributed by atoms with van der Waals surface area (Å²) < 4.78 is 0. The van der Waals surface area contributed by atoms with Crippen molar-refractivity contribution in [3.05, 3.63) is 35.9 Å². The quantitative estimate of drug-likeness (QED) is 0.785. The Morgan fingerprint density at radius 3 is 1.27 bits per heavy atom. The number of hydrogen-bond acceptors (Lipinski definition) is 5. The molecule has 0 radical (unpaired) electrons. The Morgan fingerprint density at radius 2 is 0.909 bits per heavy atom. The Kier molecular flexibility index (Phi) is 4.39. The van der Waals surface area contributed by atoms with Gasteiger partial charge in [-0.25, -0.2) is 0 Å². The number of nitrogens with zero attached hydrogens (tertiary/aromatic N) is 5. The summed E-state index contributed by atoms with van der Waals surface area (Å²) in [5.74, 6) is -4.80. The summed E-state index contributed by atoms with van der Waals surface area (Å²) in [6.45, 7) is 0. The van der Waals surface area contributed by atoms with E-state index in [0.717, 1.165) is 5.56 Å². The molecular formula is C17H11N5. The number of benzene rings is 1. The fourth-order valence-electron chi connectivity index (χ4n) is 3.23. The second-order valence-corrected chi connectivity index (χ2v) is 5.21. The molecule has 1 aliphatic carbocycles. The van der Waals surface area contributed by atoms with Gasteiger partial charge in [-0.2, -0.15) is 26.3 Å². The summed E-state index contributed by atoms with van der Waals surface area (Å²) in [6, 6.07) is 19.1. The third-order valence-corrected chi connectivity index (χ3v) is 4.25. The molecule has 1 fully saturated rings. The molecule has 0 N–H and O–H groups in total. The lowest BCUT2D eigenvalue weighted by molar-refractivity contribution is 0.164. The van der Waals surface area contributed by atoms with Crippen molar-refractivity contribution >= 4 is 0 Å². The largest absolute Gasteiger partial charge is 0.198 e. The lowest BCUT2D eigenvalue weighted by Gasteiger charge is -2.40. The van der Waals surface area contributed by atoms with Crippen LogP contribution < -0.4 is 0 Å². The monoisotopic (exact) mass is 285 g/mol. The molecule has 1 aromatic rings. The van der Waals surface area contributed by atoms with Crippen LogP contribution in [0, 0.1) is 86.2 Å². The number of hydrogen-bond donors (Lipinski definition) is 0. The third kappa shape index (κ3) is 2.25. The van der Waals surface area contributed by atoms with Crippen molar-refractivity contribution in [2.45, 2.75) is 5.92 Å². The molecule has 104 valence electrons. The summed E-state index contributed by atoms with van der Waals surface area (Å²) in [5.41, 5.74) is 0.748. The minimum absolute atomic E-state index is 0.546. The van der Waals surface area contributed by atoms with Crippen LogP contribution in [0.1, 0.15) is 11.5 Å². The van der Waals surface area contributed by atoms with Crippen LogP contribution in [0.4, 0.5) is 0 Å². The van der Waals surface area contributed by atoms with Crippen LogP contribution in [0.3, 0.4) is 0 Å². The van der Waals surface area contributed by atoms with Crippen molar-refractivity contribution in [1.29, 1.82) is 26.3 Å². The highest BCUT2D eigenvalue weighted by atomic mass is 14.6. The Morgan fingerprint density at radius 1 is 0.545 bits per heavy atom. The van der Waals surface area contributed by atoms with Gasteiger partial charge in [0, 0.05) is 5.92 Å². The molecule has 1 saturated carbocycles. The summed E-state index contributed by atoms with van der Waals surface area (Å²) in [6.07, 6.45) is 0. The van der Waals surface area contributed by atoms with Crippen LogP contribution in [-0.4, -0.2) is 0 Å². The van der Waals surface area contributed by atoms with Crippen molar-refractivity contribution in [2.75, 3.05) is 0 Å². The molecule has 4 unspecified atom stereocenters. The Bertz CT molecular complexity index is 710. The van der Waals surface area contributed by atoms with Crippen molar-refractivity contribution < 1.29 is 0 Å². The van der Waals surface area contributed by atoms with Gasteiger partial charge in [0.25, 0.3) is 0 Å². The molecule has 5 nitrogen and oxygen atoms in total. The molecule has 0 amide bonds. The minimum Gasteiger partial charge on any atom is -0.198 e. The predicted molar refractivity (Wildman–Crippen MR) is 74.7 cm³/mol. The van der Waals surface area contributed by atoms with Crippen LogP contribution in [0.15, 0.2) is 30.3 Å². The van der Waals surface area contributed by atoms with Crippen LogP contribution >= 0.6 is 0 Å². The highest BCUT2D eigenvalue weighted by Gasteiger charge is 2.52. The second kappa shape index (κ2) is 6.41.